The van der Waals surface area contributed by atoms with E-state index >= 15 is 0 Å². The van der Waals surface area contributed by atoms with Crippen molar-refractivity contribution in [1.82, 2.24) is 4.98 Å². The first kappa shape index (κ1) is 10.3. The molecule has 1 unspecified atom stereocenters. The van der Waals surface area contributed by atoms with Gasteiger partial charge >= 0.3 is 6.18 Å². The van der Waals surface area contributed by atoms with Crippen molar-refractivity contribution in [2.75, 3.05) is 7.11 Å². The van der Waals surface area contributed by atoms with Crippen LogP contribution in [-0.2, 0) is 0 Å². The van der Waals surface area contributed by atoms with E-state index in [2.05, 4.69) is 9.72 Å². The molecule has 0 amide bonds. The second-order valence-corrected chi connectivity index (χ2v) is 3.28. The van der Waals surface area contributed by atoms with Crippen LogP contribution in [0.15, 0.2) is 6.20 Å². The van der Waals surface area contributed by atoms with Gasteiger partial charge in [0.15, 0.2) is 0 Å². The topological polar surface area (TPSA) is 48.1 Å². The third-order valence-corrected chi connectivity index (χ3v) is 2.38. The molecule has 0 saturated heterocycles. The molecule has 0 aliphatic rings. The number of thiazole rings is 1. The molecule has 1 rings (SSSR count). The molecule has 2 N–H and O–H groups in total. The lowest BCUT2D eigenvalue weighted by atomic mass is 10.3. The Kier molecular flexibility index (Phi) is 2.77. The Morgan fingerprint density at radius 3 is 2.62 bits per heavy atom. The molecule has 1 aromatic rings. The molecule has 0 radical (unpaired) electrons. The number of alkyl halides is 3. The van der Waals surface area contributed by atoms with Gasteiger partial charge in [-0.15, -0.1) is 0 Å². The Morgan fingerprint density at radius 1 is 1.62 bits per heavy atom. The van der Waals surface area contributed by atoms with Crippen LogP contribution >= 0.6 is 11.3 Å². The summed E-state index contributed by atoms with van der Waals surface area (Å²) in [5, 5.41) is 0.176. The second-order valence-electron chi connectivity index (χ2n) is 2.25. The minimum atomic E-state index is -4.43. The number of nitrogens with zero attached hydrogens (tertiary/aromatic N) is 1. The minimum absolute atomic E-state index is 0.0515. The normalized spacial score (nSPS) is 14.2. The van der Waals surface area contributed by atoms with Crippen molar-refractivity contribution >= 4 is 11.3 Å². The number of hydrogen-bond donors (Lipinski definition) is 1. The second kappa shape index (κ2) is 3.51. The quantitative estimate of drug-likeness (QED) is 0.811. The van der Waals surface area contributed by atoms with E-state index in [0.717, 1.165) is 17.5 Å². The summed E-state index contributed by atoms with van der Waals surface area (Å²) in [7, 11) is 1.34. The number of methoxy groups -OCH3 is 1. The molecule has 74 valence electrons. The fourth-order valence-corrected chi connectivity index (χ4v) is 1.43. The van der Waals surface area contributed by atoms with Crippen LogP contribution in [0.25, 0.3) is 0 Å². The van der Waals surface area contributed by atoms with E-state index in [1.807, 2.05) is 0 Å². The van der Waals surface area contributed by atoms with E-state index in [1.54, 1.807) is 0 Å². The van der Waals surface area contributed by atoms with Crippen molar-refractivity contribution in [3.8, 4) is 5.19 Å². The molecule has 0 saturated carbocycles. The van der Waals surface area contributed by atoms with E-state index in [9.17, 15) is 13.2 Å². The van der Waals surface area contributed by atoms with Gasteiger partial charge in [-0.25, -0.2) is 4.98 Å². The third kappa shape index (κ3) is 2.31. The van der Waals surface area contributed by atoms with Crippen LogP contribution in [0.4, 0.5) is 13.2 Å². The van der Waals surface area contributed by atoms with Gasteiger partial charge in [0.1, 0.15) is 6.04 Å². The summed E-state index contributed by atoms with van der Waals surface area (Å²) >= 11 is 0.790. The zero-order valence-corrected chi connectivity index (χ0v) is 7.45. The largest absolute Gasteiger partial charge is 0.473 e. The monoisotopic (exact) mass is 212 g/mol. The van der Waals surface area contributed by atoms with Crippen LogP contribution in [0.3, 0.4) is 0 Å². The highest BCUT2D eigenvalue weighted by molar-refractivity contribution is 7.13. The Bertz CT molecular complexity index is 286. The fourth-order valence-electron chi connectivity index (χ4n) is 0.669. The molecule has 0 fully saturated rings. The maximum Gasteiger partial charge on any atom is 0.408 e. The zero-order valence-electron chi connectivity index (χ0n) is 6.63. The van der Waals surface area contributed by atoms with Crippen molar-refractivity contribution in [1.29, 1.82) is 0 Å². The molecule has 0 aliphatic heterocycles. The molecule has 1 heterocycles. The average molecular weight is 212 g/mol. The first-order valence-corrected chi connectivity index (χ1v) is 4.09. The van der Waals surface area contributed by atoms with Gasteiger partial charge in [-0.1, -0.05) is 11.3 Å². The average Bonchev–Trinajstić information content (AvgIpc) is 2.48. The van der Waals surface area contributed by atoms with Crippen LogP contribution in [0, 0.1) is 0 Å². The van der Waals surface area contributed by atoms with Gasteiger partial charge in [-0.05, 0) is 0 Å². The summed E-state index contributed by atoms with van der Waals surface area (Å²) in [5.74, 6) is 0. The lowest BCUT2D eigenvalue weighted by molar-refractivity contribution is -0.148. The summed E-state index contributed by atoms with van der Waals surface area (Å²) in [6.45, 7) is 0. The maximum absolute atomic E-state index is 12.1. The number of rotatable bonds is 2. The van der Waals surface area contributed by atoms with Gasteiger partial charge in [0.05, 0.1) is 12.0 Å². The van der Waals surface area contributed by atoms with E-state index in [-0.39, 0.29) is 10.1 Å². The number of halogens is 3. The number of hydrogen-bond acceptors (Lipinski definition) is 4. The van der Waals surface area contributed by atoms with E-state index in [1.165, 1.54) is 7.11 Å². The summed E-state index contributed by atoms with van der Waals surface area (Å²) in [4.78, 5) is 3.53. The van der Waals surface area contributed by atoms with Crippen LogP contribution in [0.5, 0.6) is 5.19 Å². The Labute approximate surface area is 76.3 Å². The van der Waals surface area contributed by atoms with Gasteiger partial charge in [-0.3, -0.25) is 0 Å². The molecule has 0 aliphatic carbocycles. The van der Waals surface area contributed by atoms with Gasteiger partial charge in [-0.2, -0.15) is 13.2 Å². The van der Waals surface area contributed by atoms with Crippen LogP contribution in [-0.4, -0.2) is 18.3 Å². The molecule has 3 nitrogen and oxygen atoms in total. The molecule has 7 heteroatoms. The number of ether oxygens (including phenoxy) is 1. The molecule has 0 bridgehead atoms. The zero-order chi connectivity index (χ0) is 10.1. The van der Waals surface area contributed by atoms with Crippen molar-refractivity contribution in [2.45, 2.75) is 12.2 Å². The SMILES string of the molecule is COc1ncc(C(N)C(F)(F)F)s1. The van der Waals surface area contributed by atoms with E-state index < -0.39 is 12.2 Å². The van der Waals surface area contributed by atoms with Crippen LogP contribution in [0.2, 0.25) is 0 Å². The Balaban J connectivity index is 2.83. The van der Waals surface area contributed by atoms with Crippen LogP contribution in [0.1, 0.15) is 10.9 Å². The Morgan fingerprint density at radius 2 is 2.23 bits per heavy atom. The minimum Gasteiger partial charge on any atom is -0.473 e. The first-order chi connectivity index (χ1) is 5.95. The van der Waals surface area contributed by atoms with Gasteiger partial charge < -0.3 is 10.5 Å². The Hall–Kier alpha value is -0.820. The van der Waals surface area contributed by atoms with Gasteiger partial charge in [0.25, 0.3) is 5.19 Å². The van der Waals surface area contributed by atoms with Crippen molar-refractivity contribution in [2.24, 2.45) is 5.73 Å². The standard InChI is InChI=1S/C6H7F3N2OS/c1-12-5-11-2-3(13-5)4(10)6(7,8)9/h2,4H,10H2,1H3. The van der Waals surface area contributed by atoms with Gasteiger partial charge in [0, 0.05) is 6.20 Å². The van der Waals surface area contributed by atoms with E-state index in [4.69, 9.17) is 5.73 Å². The van der Waals surface area contributed by atoms with Crippen LogP contribution < -0.4 is 10.5 Å². The van der Waals surface area contributed by atoms with Crippen molar-refractivity contribution < 1.29 is 17.9 Å². The van der Waals surface area contributed by atoms with Gasteiger partial charge in [0.2, 0.25) is 0 Å². The molecule has 1 aromatic heterocycles. The molecule has 0 spiro atoms. The maximum atomic E-state index is 12.1. The van der Waals surface area contributed by atoms with Crippen molar-refractivity contribution in [3.63, 3.8) is 0 Å². The summed E-state index contributed by atoms with van der Waals surface area (Å²) in [5.41, 5.74) is 4.93. The molecular formula is C6H7F3N2OS. The lowest BCUT2D eigenvalue weighted by Gasteiger charge is -2.12. The molecule has 13 heavy (non-hydrogen) atoms. The predicted molar refractivity (Wildman–Crippen MR) is 41.6 cm³/mol. The fraction of sp³-hybridized carbons (Fsp3) is 0.500. The molecular weight excluding hydrogens is 205 g/mol. The highest BCUT2D eigenvalue weighted by atomic mass is 32.1. The summed E-state index contributed by atoms with van der Waals surface area (Å²) < 4.78 is 40.8. The summed E-state index contributed by atoms with van der Waals surface area (Å²) in [6, 6.07) is -1.98. The highest BCUT2D eigenvalue weighted by Crippen LogP contribution is 2.34. The molecule has 0 aromatic carbocycles. The summed E-state index contributed by atoms with van der Waals surface area (Å²) in [6.07, 6.45) is -3.36. The van der Waals surface area contributed by atoms with E-state index in [0.29, 0.717) is 0 Å². The third-order valence-electron chi connectivity index (χ3n) is 1.34. The smallest absolute Gasteiger partial charge is 0.408 e. The first-order valence-electron chi connectivity index (χ1n) is 3.27. The molecule has 1 atom stereocenters. The lowest BCUT2D eigenvalue weighted by Crippen LogP contribution is -2.27. The highest BCUT2D eigenvalue weighted by Gasteiger charge is 2.39. The number of aromatic nitrogens is 1. The number of nitrogens with two attached hydrogens (primary N) is 1. The van der Waals surface area contributed by atoms with Crippen molar-refractivity contribution in [3.05, 3.63) is 11.1 Å². The predicted octanol–water partition coefficient (Wildman–Crippen LogP) is 1.71.